The van der Waals surface area contributed by atoms with Gasteiger partial charge in [0.1, 0.15) is 12.6 Å². The van der Waals surface area contributed by atoms with Crippen molar-refractivity contribution >= 4 is 18.0 Å². The molecule has 0 saturated heterocycles. The molecule has 2 aromatic carbocycles. The number of fused-ring (bicyclic) bond motifs is 3. The predicted octanol–water partition coefficient (Wildman–Crippen LogP) is 3.21. The van der Waals surface area contributed by atoms with Crippen LogP contribution >= 0.6 is 0 Å². The summed E-state index contributed by atoms with van der Waals surface area (Å²) in [7, 11) is 3.49. The van der Waals surface area contributed by atoms with Gasteiger partial charge in [0.2, 0.25) is 5.91 Å². The van der Waals surface area contributed by atoms with E-state index >= 15 is 0 Å². The van der Waals surface area contributed by atoms with Crippen molar-refractivity contribution in [1.29, 1.82) is 0 Å². The van der Waals surface area contributed by atoms with Gasteiger partial charge in [0, 0.05) is 24.9 Å². The Morgan fingerprint density at radius 1 is 1.00 bits per heavy atom. The maximum Gasteiger partial charge on any atom is 0.407 e. The molecule has 3 rings (SSSR count). The van der Waals surface area contributed by atoms with E-state index in [0.717, 1.165) is 11.1 Å². The molecule has 0 bridgehead atoms. The van der Waals surface area contributed by atoms with Gasteiger partial charge in [-0.05, 0) is 49.2 Å². The van der Waals surface area contributed by atoms with Crippen LogP contribution in [0.3, 0.4) is 0 Å². The van der Waals surface area contributed by atoms with E-state index in [4.69, 9.17) is 4.74 Å². The van der Waals surface area contributed by atoms with Crippen molar-refractivity contribution in [2.24, 2.45) is 0 Å². The number of alkyl carbamates (subject to hydrolysis) is 1. The van der Waals surface area contributed by atoms with Crippen LogP contribution in [0.4, 0.5) is 4.79 Å². The summed E-state index contributed by atoms with van der Waals surface area (Å²) < 4.78 is 5.58. The van der Waals surface area contributed by atoms with Gasteiger partial charge in [-0.3, -0.25) is 4.79 Å². The number of rotatable bonds is 11. The minimum atomic E-state index is -1.08. The van der Waals surface area contributed by atoms with Crippen LogP contribution < -0.4 is 10.6 Å². The molecule has 8 nitrogen and oxygen atoms in total. The summed E-state index contributed by atoms with van der Waals surface area (Å²) in [6, 6.07) is 15.1. The topological polar surface area (TPSA) is 108 Å². The molecule has 0 fully saturated rings. The summed E-state index contributed by atoms with van der Waals surface area (Å²) in [6.07, 6.45) is 0.600. The Kier molecular flexibility index (Phi) is 8.65. The van der Waals surface area contributed by atoms with E-state index in [1.165, 1.54) is 11.1 Å². The molecule has 0 saturated carbocycles. The lowest BCUT2D eigenvalue weighted by atomic mass is 9.98. The molecule has 0 aromatic heterocycles. The van der Waals surface area contributed by atoms with Gasteiger partial charge >= 0.3 is 12.1 Å². The van der Waals surface area contributed by atoms with Crippen molar-refractivity contribution in [2.75, 3.05) is 27.2 Å². The highest BCUT2D eigenvalue weighted by molar-refractivity contribution is 5.83. The number of nitrogens with zero attached hydrogens (tertiary/aromatic N) is 1. The number of amides is 2. The standard InChI is InChI=1S/C26H33N3O5/c1-4-17(13-14-24(30)28-23(25(31)32)15-29(2)3)27-26(33)34-16-22-20-11-7-5-9-18(20)19-10-6-8-12-21(19)22/h5-12,17,22-23H,4,13-16H2,1-3H3,(H,27,33)(H,28,30)(H,31,32). The fourth-order valence-corrected chi connectivity index (χ4v) is 4.31. The number of carbonyl (C=O) groups is 3. The SMILES string of the molecule is CCC(CCC(=O)NC(CN(C)C)C(=O)O)NC(=O)OCC1c2ccccc2-c2ccccc21. The zero-order valence-electron chi connectivity index (χ0n) is 19.9. The molecule has 8 heteroatoms. The summed E-state index contributed by atoms with van der Waals surface area (Å²) in [4.78, 5) is 37.8. The maximum atomic E-state index is 12.5. The monoisotopic (exact) mass is 467 g/mol. The Balaban J connectivity index is 1.50. The van der Waals surface area contributed by atoms with Crippen molar-refractivity contribution < 1.29 is 24.2 Å². The second kappa shape index (κ2) is 11.7. The number of likely N-dealkylation sites (N-methyl/N-ethyl adjacent to an activating group) is 1. The van der Waals surface area contributed by atoms with Gasteiger partial charge in [0.25, 0.3) is 0 Å². The van der Waals surface area contributed by atoms with Gasteiger partial charge in [-0.1, -0.05) is 55.5 Å². The minimum absolute atomic E-state index is 0.0198. The quantitative estimate of drug-likeness (QED) is 0.468. The third kappa shape index (κ3) is 6.35. The number of hydrogen-bond donors (Lipinski definition) is 3. The smallest absolute Gasteiger partial charge is 0.407 e. The molecule has 34 heavy (non-hydrogen) atoms. The molecule has 0 aliphatic heterocycles. The van der Waals surface area contributed by atoms with E-state index in [1.54, 1.807) is 19.0 Å². The van der Waals surface area contributed by atoms with Crippen molar-refractivity contribution in [2.45, 2.75) is 44.2 Å². The second-order valence-corrected chi connectivity index (χ2v) is 8.83. The van der Waals surface area contributed by atoms with E-state index < -0.39 is 18.1 Å². The van der Waals surface area contributed by atoms with Crippen molar-refractivity contribution in [3.05, 3.63) is 59.7 Å². The molecule has 0 spiro atoms. The Bertz CT molecular complexity index is 978. The number of benzene rings is 2. The van der Waals surface area contributed by atoms with Gasteiger partial charge in [-0.25, -0.2) is 9.59 Å². The first-order valence-corrected chi connectivity index (χ1v) is 11.6. The van der Waals surface area contributed by atoms with Crippen molar-refractivity contribution in [1.82, 2.24) is 15.5 Å². The van der Waals surface area contributed by atoms with Crippen LogP contribution in [0.5, 0.6) is 0 Å². The van der Waals surface area contributed by atoms with Gasteiger partial charge in [-0.2, -0.15) is 0 Å². The number of hydrogen-bond acceptors (Lipinski definition) is 5. The number of carboxylic acids is 1. The third-order valence-electron chi connectivity index (χ3n) is 6.06. The normalized spacial score (nSPS) is 14.1. The van der Waals surface area contributed by atoms with E-state index in [2.05, 4.69) is 34.9 Å². The summed E-state index contributed by atoms with van der Waals surface area (Å²) in [5.74, 6) is -1.46. The lowest BCUT2D eigenvalue weighted by Gasteiger charge is -2.20. The van der Waals surface area contributed by atoms with E-state index in [9.17, 15) is 19.5 Å². The highest BCUT2D eigenvalue weighted by atomic mass is 16.5. The molecule has 0 heterocycles. The number of nitrogens with one attached hydrogen (secondary N) is 2. The average Bonchev–Trinajstić information content (AvgIpc) is 3.13. The zero-order valence-corrected chi connectivity index (χ0v) is 19.9. The molecule has 182 valence electrons. The van der Waals surface area contributed by atoms with Gasteiger partial charge in [-0.15, -0.1) is 0 Å². The second-order valence-electron chi connectivity index (χ2n) is 8.83. The largest absolute Gasteiger partial charge is 0.480 e. The average molecular weight is 468 g/mol. The maximum absolute atomic E-state index is 12.5. The summed E-state index contributed by atoms with van der Waals surface area (Å²) in [6.45, 7) is 2.34. The fourth-order valence-electron chi connectivity index (χ4n) is 4.31. The number of carboxylic acid groups (broad SMARTS) is 1. The Hall–Kier alpha value is -3.39. The first kappa shape index (κ1) is 25.2. The highest BCUT2D eigenvalue weighted by Crippen LogP contribution is 2.44. The van der Waals surface area contributed by atoms with Gasteiger partial charge in [0.15, 0.2) is 0 Å². The van der Waals surface area contributed by atoms with Crippen LogP contribution in [0.15, 0.2) is 48.5 Å². The van der Waals surface area contributed by atoms with Gasteiger partial charge < -0.3 is 25.4 Å². The van der Waals surface area contributed by atoms with E-state index in [0.29, 0.717) is 12.8 Å². The van der Waals surface area contributed by atoms with Crippen LogP contribution in [-0.4, -0.2) is 67.3 Å². The van der Waals surface area contributed by atoms with Gasteiger partial charge in [0.05, 0.1) is 0 Å². The Morgan fingerprint density at radius 3 is 2.12 bits per heavy atom. The molecule has 1 aliphatic rings. The van der Waals surface area contributed by atoms with Crippen LogP contribution in [0.1, 0.15) is 43.2 Å². The summed E-state index contributed by atoms with van der Waals surface area (Å²) in [5, 5.41) is 14.6. The zero-order chi connectivity index (χ0) is 24.7. The van der Waals surface area contributed by atoms with Crippen LogP contribution in [-0.2, 0) is 14.3 Å². The molecule has 2 unspecified atom stereocenters. The van der Waals surface area contributed by atoms with Crippen LogP contribution in [0.2, 0.25) is 0 Å². The summed E-state index contributed by atoms with van der Waals surface area (Å²) >= 11 is 0. The first-order valence-electron chi connectivity index (χ1n) is 11.6. The van der Waals surface area contributed by atoms with Crippen LogP contribution in [0, 0.1) is 0 Å². The molecule has 1 aliphatic carbocycles. The predicted molar refractivity (Wildman–Crippen MR) is 130 cm³/mol. The third-order valence-corrected chi connectivity index (χ3v) is 6.06. The van der Waals surface area contributed by atoms with Crippen LogP contribution in [0.25, 0.3) is 11.1 Å². The molecular formula is C26H33N3O5. The number of carbonyl (C=O) groups excluding carboxylic acids is 2. The van der Waals surface area contributed by atoms with Crippen molar-refractivity contribution in [3.8, 4) is 11.1 Å². The fraction of sp³-hybridized carbons (Fsp3) is 0.423. The molecule has 2 atom stereocenters. The molecule has 2 amide bonds. The minimum Gasteiger partial charge on any atom is -0.480 e. The molecule has 2 aromatic rings. The number of aliphatic carboxylic acids is 1. The van der Waals surface area contributed by atoms with E-state index in [-0.39, 0.29) is 37.4 Å². The molecule has 0 radical (unpaired) electrons. The molecule has 3 N–H and O–H groups in total. The molecular weight excluding hydrogens is 434 g/mol. The van der Waals surface area contributed by atoms with Crippen molar-refractivity contribution in [3.63, 3.8) is 0 Å². The first-order chi connectivity index (χ1) is 16.3. The number of ether oxygens (including phenoxy) is 1. The van der Waals surface area contributed by atoms with E-state index in [1.807, 2.05) is 31.2 Å². The Morgan fingerprint density at radius 2 is 1.59 bits per heavy atom. The Labute approximate surface area is 200 Å². The lowest BCUT2D eigenvalue weighted by molar-refractivity contribution is -0.142. The lowest BCUT2D eigenvalue weighted by Crippen LogP contribution is -2.47. The highest BCUT2D eigenvalue weighted by Gasteiger charge is 2.29. The summed E-state index contributed by atoms with van der Waals surface area (Å²) in [5.41, 5.74) is 4.62.